The molecule has 13 heavy (non-hydrogen) atoms. The minimum absolute atomic E-state index is 0.833. The Labute approximate surface area is 90.5 Å². The number of benzene rings is 1. The van der Waals surface area contributed by atoms with Crippen LogP contribution in [0.1, 0.15) is 24.5 Å². The van der Waals surface area contributed by atoms with Gasteiger partial charge < -0.3 is 0 Å². The summed E-state index contributed by atoms with van der Waals surface area (Å²) in [5, 5.41) is 0. The normalized spacial score (nSPS) is 10.4. The van der Waals surface area contributed by atoms with Gasteiger partial charge in [0, 0.05) is 10.6 Å². The van der Waals surface area contributed by atoms with Crippen LogP contribution in [0.5, 0.6) is 0 Å². The maximum absolute atomic E-state index is 4.26. The molecular formula is C11H16S2. The van der Waals surface area contributed by atoms with Crippen LogP contribution in [-0.2, 0) is 5.75 Å². The monoisotopic (exact) mass is 212 g/mol. The summed E-state index contributed by atoms with van der Waals surface area (Å²) in [7, 11) is 0. The fourth-order valence-corrected chi connectivity index (χ4v) is 2.26. The van der Waals surface area contributed by atoms with Crippen molar-refractivity contribution in [2.45, 2.75) is 30.9 Å². The van der Waals surface area contributed by atoms with Gasteiger partial charge >= 0.3 is 0 Å². The average Bonchev–Trinajstić information content (AvgIpc) is 2.16. The Kier molecular flexibility index (Phi) is 4.74. The number of thioether (sulfide) groups is 1. The van der Waals surface area contributed by atoms with Gasteiger partial charge in [0.05, 0.1) is 0 Å². The van der Waals surface area contributed by atoms with Crippen molar-refractivity contribution in [2.75, 3.05) is 5.75 Å². The van der Waals surface area contributed by atoms with Crippen molar-refractivity contribution >= 4 is 24.4 Å². The molecule has 0 aromatic heterocycles. The van der Waals surface area contributed by atoms with Crippen LogP contribution < -0.4 is 0 Å². The summed E-state index contributed by atoms with van der Waals surface area (Å²) in [6.07, 6.45) is 1.23. The first-order valence-electron chi connectivity index (χ1n) is 4.61. The molecule has 0 N–H and O–H groups in total. The Balaban J connectivity index is 2.73. The van der Waals surface area contributed by atoms with Crippen molar-refractivity contribution < 1.29 is 0 Å². The van der Waals surface area contributed by atoms with Crippen molar-refractivity contribution in [2.24, 2.45) is 0 Å². The molecule has 0 radical (unpaired) electrons. The summed E-state index contributed by atoms with van der Waals surface area (Å²) in [5.74, 6) is 2.04. The number of thiol groups is 1. The SMILES string of the molecule is CCCSc1ccc(CS)cc1C. The predicted octanol–water partition coefficient (Wildman–Crippen LogP) is 3.93. The molecule has 0 saturated carbocycles. The van der Waals surface area contributed by atoms with Gasteiger partial charge in [-0.15, -0.1) is 11.8 Å². The molecule has 0 heterocycles. The first kappa shape index (κ1) is 11.0. The van der Waals surface area contributed by atoms with Gasteiger partial charge in [-0.3, -0.25) is 0 Å². The Morgan fingerprint density at radius 1 is 1.38 bits per heavy atom. The second-order valence-electron chi connectivity index (χ2n) is 3.11. The summed E-state index contributed by atoms with van der Waals surface area (Å²) in [4.78, 5) is 1.41. The van der Waals surface area contributed by atoms with Crippen LogP contribution >= 0.6 is 24.4 Å². The van der Waals surface area contributed by atoms with E-state index in [9.17, 15) is 0 Å². The van der Waals surface area contributed by atoms with E-state index in [1.54, 1.807) is 0 Å². The van der Waals surface area contributed by atoms with E-state index in [2.05, 4.69) is 44.7 Å². The molecule has 0 bridgehead atoms. The van der Waals surface area contributed by atoms with Gasteiger partial charge in [0.2, 0.25) is 0 Å². The van der Waals surface area contributed by atoms with Crippen molar-refractivity contribution in [1.82, 2.24) is 0 Å². The van der Waals surface area contributed by atoms with Crippen LogP contribution in [-0.4, -0.2) is 5.75 Å². The fraction of sp³-hybridized carbons (Fsp3) is 0.455. The standard InChI is InChI=1S/C11H16S2/c1-3-6-13-11-5-4-10(8-12)7-9(11)2/h4-5,7,12H,3,6,8H2,1-2H3. The Morgan fingerprint density at radius 2 is 2.15 bits per heavy atom. The highest BCUT2D eigenvalue weighted by Gasteiger charge is 1.98. The lowest BCUT2D eigenvalue weighted by atomic mass is 10.2. The minimum atomic E-state index is 0.833. The van der Waals surface area contributed by atoms with Gasteiger partial charge in [0.25, 0.3) is 0 Å². The van der Waals surface area contributed by atoms with Gasteiger partial charge in [-0.1, -0.05) is 19.1 Å². The smallest absolute Gasteiger partial charge is 0.0154 e. The molecule has 0 saturated heterocycles. The molecule has 0 nitrogen and oxygen atoms in total. The quantitative estimate of drug-likeness (QED) is 0.583. The average molecular weight is 212 g/mol. The van der Waals surface area contributed by atoms with Crippen LogP contribution in [0, 0.1) is 6.92 Å². The number of hydrogen-bond acceptors (Lipinski definition) is 2. The molecule has 0 unspecified atom stereocenters. The lowest BCUT2D eigenvalue weighted by Gasteiger charge is -2.05. The van der Waals surface area contributed by atoms with Crippen LogP contribution in [0.2, 0.25) is 0 Å². The molecular weight excluding hydrogens is 196 g/mol. The highest BCUT2D eigenvalue weighted by Crippen LogP contribution is 2.24. The van der Waals surface area contributed by atoms with Gasteiger partial charge in [-0.25, -0.2) is 0 Å². The van der Waals surface area contributed by atoms with E-state index in [1.165, 1.54) is 28.2 Å². The van der Waals surface area contributed by atoms with Crippen molar-refractivity contribution in [3.8, 4) is 0 Å². The molecule has 1 rings (SSSR count). The molecule has 0 aliphatic rings. The van der Waals surface area contributed by atoms with E-state index in [-0.39, 0.29) is 0 Å². The lowest BCUT2D eigenvalue weighted by Crippen LogP contribution is -1.85. The zero-order chi connectivity index (χ0) is 9.68. The van der Waals surface area contributed by atoms with E-state index >= 15 is 0 Å². The van der Waals surface area contributed by atoms with E-state index in [0.29, 0.717) is 0 Å². The first-order chi connectivity index (χ1) is 6.27. The van der Waals surface area contributed by atoms with Crippen LogP contribution in [0.25, 0.3) is 0 Å². The Hall–Kier alpha value is -0.0800. The molecule has 0 aliphatic carbocycles. The van der Waals surface area contributed by atoms with Crippen molar-refractivity contribution in [1.29, 1.82) is 0 Å². The maximum atomic E-state index is 4.26. The predicted molar refractivity (Wildman–Crippen MR) is 64.9 cm³/mol. The molecule has 1 aromatic carbocycles. The third-order valence-electron chi connectivity index (χ3n) is 1.88. The van der Waals surface area contributed by atoms with E-state index < -0.39 is 0 Å². The molecule has 2 heteroatoms. The Morgan fingerprint density at radius 3 is 2.69 bits per heavy atom. The fourth-order valence-electron chi connectivity index (χ4n) is 1.18. The molecule has 72 valence electrons. The largest absolute Gasteiger partial charge is 0.175 e. The molecule has 0 aliphatic heterocycles. The summed E-state index contributed by atoms with van der Waals surface area (Å²) in [5.41, 5.74) is 2.69. The second-order valence-corrected chi connectivity index (χ2v) is 4.56. The van der Waals surface area contributed by atoms with Crippen LogP contribution in [0.4, 0.5) is 0 Å². The molecule has 0 atom stereocenters. The highest BCUT2D eigenvalue weighted by molar-refractivity contribution is 7.99. The zero-order valence-electron chi connectivity index (χ0n) is 8.21. The summed E-state index contributed by atoms with van der Waals surface area (Å²) in [6.45, 7) is 4.38. The summed E-state index contributed by atoms with van der Waals surface area (Å²) >= 11 is 6.20. The summed E-state index contributed by atoms with van der Waals surface area (Å²) < 4.78 is 0. The second kappa shape index (κ2) is 5.61. The lowest BCUT2D eigenvalue weighted by molar-refractivity contribution is 1.10. The molecule has 0 spiro atoms. The number of aryl methyl sites for hydroxylation is 1. The van der Waals surface area contributed by atoms with Crippen LogP contribution in [0.3, 0.4) is 0 Å². The minimum Gasteiger partial charge on any atom is -0.175 e. The molecule has 0 fully saturated rings. The van der Waals surface area contributed by atoms with E-state index in [0.717, 1.165) is 5.75 Å². The van der Waals surface area contributed by atoms with Gasteiger partial charge in [0.1, 0.15) is 0 Å². The maximum Gasteiger partial charge on any atom is 0.0154 e. The van der Waals surface area contributed by atoms with Crippen molar-refractivity contribution in [3.05, 3.63) is 29.3 Å². The third kappa shape index (κ3) is 3.28. The topological polar surface area (TPSA) is 0 Å². The number of hydrogen-bond donors (Lipinski definition) is 1. The zero-order valence-corrected chi connectivity index (χ0v) is 9.92. The highest BCUT2D eigenvalue weighted by atomic mass is 32.2. The Bertz CT molecular complexity index is 269. The van der Waals surface area contributed by atoms with E-state index in [1.807, 2.05) is 11.8 Å². The van der Waals surface area contributed by atoms with Crippen LogP contribution in [0.15, 0.2) is 23.1 Å². The van der Waals surface area contributed by atoms with Crippen molar-refractivity contribution in [3.63, 3.8) is 0 Å². The molecule has 1 aromatic rings. The van der Waals surface area contributed by atoms with E-state index in [4.69, 9.17) is 0 Å². The van der Waals surface area contributed by atoms with Gasteiger partial charge in [-0.2, -0.15) is 12.6 Å². The number of rotatable bonds is 4. The molecule has 0 amide bonds. The third-order valence-corrected chi connectivity index (χ3v) is 3.63. The van der Waals surface area contributed by atoms with Gasteiger partial charge in [0.15, 0.2) is 0 Å². The van der Waals surface area contributed by atoms with Gasteiger partial charge in [-0.05, 0) is 36.3 Å². The summed E-state index contributed by atoms with van der Waals surface area (Å²) in [6, 6.07) is 6.60. The first-order valence-corrected chi connectivity index (χ1v) is 6.23.